The quantitative estimate of drug-likeness (QED) is 0.882. The molecule has 1 saturated heterocycles. The summed E-state index contributed by atoms with van der Waals surface area (Å²) >= 11 is 3.57. The second-order valence-electron chi connectivity index (χ2n) is 6.55. The van der Waals surface area contributed by atoms with Crippen LogP contribution < -0.4 is 5.73 Å². The van der Waals surface area contributed by atoms with Crippen LogP contribution in [-0.2, 0) is 0 Å². The summed E-state index contributed by atoms with van der Waals surface area (Å²) < 4.78 is 1.12. The highest BCUT2D eigenvalue weighted by Gasteiger charge is 2.25. The zero-order chi connectivity index (χ0) is 15.4. The second-order valence-corrected chi connectivity index (χ2v) is 7.46. The first kappa shape index (κ1) is 16.9. The summed E-state index contributed by atoms with van der Waals surface area (Å²) in [4.78, 5) is 4.87. The molecule has 118 valence electrons. The third-order valence-electron chi connectivity index (χ3n) is 4.55. The Morgan fingerprint density at radius 3 is 2.62 bits per heavy atom. The van der Waals surface area contributed by atoms with Gasteiger partial charge >= 0.3 is 0 Å². The van der Waals surface area contributed by atoms with Crippen molar-refractivity contribution in [2.24, 2.45) is 11.7 Å². The fourth-order valence-corrected chi connectivity index (χ4v) is 3.83. The SMILES string of the molecule is CC(N)C(c1cccc(Br)c1)N(C)CC1CCN(C)CC1. The maximum Gasteiger partial charge on any atom is 0.0494 e. The number of nitrogens with two attached hydrogens (primary N) is 1. The van der Waals surface area contributed by atoms with Crippen molar-refractivity contribution in [3.05, 3.63) is 34.3 Å². The van der Waals surface area contributed by atoms with Gasteiger partial charge in [0.15, 0.2) is 0 Å². The summed E-state index contributed by atoms with van der Waals surface area (Å²) in [5, 5.41) is 0. The molecule has 0 aliphatic carbocycles. The summed E-state index contributed by atoms with van der Waals surface area (Å²) in [6, 6.07) is 8.94. The van der Waals surface area contributed by atoms with Gasteiger partial charge in [-0.1, -0.05) is 28.1 Å². The van der Waals surface area contributed by atoms with Crippen LogP contribution >= 0.6 is 15.9 Å². The van der Waals surface area contributed by atoms with Crippen LogP contribution in [0.5, 0.6) is 0 Å². The predicted molar refractivity (Wildman–Crippen MR) is 93.4 cm³/mol. The molecular formula is C17H28BrN3. The number of benzene rings is 1. The minimum Gasteiger partial charge on any atom is -0.326 e. The van der Waals surface area contributed by atoms with Crippen molar-refractivity contribution in [3.8, 4) is 0 Å². The highest BCUT2D eigenvalue weighted by atomic mass is 79.9. The fourth-order valence-electron chi connectivity index (χ4n) is 3.42. The van der Waals surface area contributed by atoms with Crippen LogP contribution in [0.4, 0.5) is 0 Å². The largest absolute Gasteiger partial charge is 0.326 e. The first-order chi connectivity index (χ1) is 9.97. The van der Waals surface area contributed by atoms with Gasteiger partial charge in [0.05, 0.1) is 0 Å². The van der Waals surface area contributed by atoms with Crippen molar-refractivity contribution in [3.63, 3.8) is 0 Å². The van der Waals surface area contributed by atoms with E-state index in [0.29, 0.717) is 0 Å². The molecule has 0 amide bonds. The molecule has 1 aromatic carbocycles. The molecule has 0 saturated carbocycles. The molecule has 2 rings (SSSR count). The van der Waals surface area contributed by atoms with Crippen LogP contribution in [0.3, 0.4) is 0 Å². The van der Waals surface area contributed by atoms with Crippen LogP contribution in [0.1, 0.15) is 31.4 Å². The summed E-state index contributed by atoms with van der Waals surface area (Å²) in [6.45, 7) is 5.68. The van der Waals surface area contributed by atoms with E-state index >= 15 is 0 Å². The van der Waals surface area contributed by atoms with E-state index < -0.39 is 0 Å². The van der Waals surface area contributed by atoms with E-state index in [1.54, 1.807) is 0 Å². The number of rotatable bonds is 5. The summed E-state index contributed by atoms with van der Waals surface area (Å²) in [7, 11) is 4.43. The Morgan fingerprint density at radius 1 is 1.38 bits per heavy atom. The monoisotopic (exact) mass is 353 g/mol. The Balaban J connectivity index is 2.04. The van der Waals surface area contributed by atoms with Crippen molar-refractivity contribution < 1.29 is 0 Å². The van der Waals surface area contributed by atoms with E-state index in [4.69, 9.17) is 5.73 Å². The van der Waals surface area contributed by atoms with E-state index in [2.05, 4.69) is 71.0 Å². The van der Waals surface area contributed by atoms with Crippen LogP contribution in [0.25, 0.3) is 0 Å². The molecule has 21 heavy (non-hydrogen) atoms. The van der Waals surface area contributed by atoms with Crippen LogP contribution in [-0.4, -0.2) is 49.6 Å². The topological polar surface area (TPSA) is 32.5 Å². The molecular weight excluding hydrogens is 326 g/mol. The van der Waals surface area contributed by atoms with Gasteiger partial charge < -0.3 is 10.6 Å². The van der Waals surface area contributed by atoms with Crippen molar-refractivity contribution in [1.82, 2.24) is 9.80 Å². The second kappa shape index (κ2) is 7.73. The molecule has 0 bridgehead atoms. The fraction of sp³-hybridized carbons (Fsp3) is 0.647. The van der Waals surface area contributed by atoms with Crippen molar-refractivity contribution >= 4 is 15.9 Å². The van der Waals surface area contributed by atoms with E-state index in [9.17, 15) is 0 Å². The van der Waals surface area contributed by atoms with E-state index in [-0.39, 0.29) is 12.1 Å². The van der Waals surface area contributed by atoms with Gasteiger partial charge in [0.2, 0.25) is 0 Å². The summed E-state index contributed by atoms with van der Waals surface area (Å²) in [5.74, 6) is 0.791. The van der Waals surface area contributed by atoms with Gasteiger partial charge in [-0.25, -0.2) is 0 Å². The lowest BCUT2D eigenvalue weighted by Gasteiger charge is -2.37. The lowest BCUT2D eigenvalue weighted by molar-refractivity contribution is 0.140. The minimum absolute atomic E-state index is 0.121. The standard InChI is InChI=1S/C17H28BrN3/c1-13(19)17(15-5-4-6-16(18)11-15)21(3)12-14-7-9-20(2)10-8-14/h4-6,11,13-14,17H,7-10,12,19H2,1-3H3. The lowest BCUT2D eigenvalue weighted by Crippen LogP contribution is -2.42. The highest BCUT2D eigenvalue weighted by Crippen LogP contribution is 2.27. The molecule has 1 aliphatic heterocycles. The highest BCUT2D eigenvalue weighted by molar-refractivity contribution is 9.10. The minimum atomic E-state index is 0.121. The molecule has 1 aromatic rings. The number of likely N-dealkylation sites (tertiary alicyclic amines) is 1. The van der Waals surface area contributed by atoms with Crippen LogP contribution in [0.15, 0.2) is 28.7 Å². The average molecular weight is 354 g/mol. The van der Waals surface area contributed by atoms with Crippen LogP contribution in [0.2, 0.25) is 0 Å². The molecule has 0 aromatic heterocycles. The first-order valence-corrected chi connectivity index (χ1v) is 8.66. The van der Waals surface area contributed by atoms with Gasteiger partial charge in [0.1, 0.15) is 0 Å². The average Bonchev–Trinajstić information content (AvgIpc) is 2.41. The molecule has 2 unspecified atom stereocenters. The zero-order valence-electron chi connectivity index (χ0n) is 13.4. The Hall–Kier alpha value is -0.420. The van der Waals surface area contributed by atoms with Gasteiger partial charge in [-0.3, -0.25) is 4.90 Å². The van der Waals surface area contributed by atoms with Gasteiger partial charge in [-0.15, -0.1) is 0 Å². The lowest BCUT2D eigenvalue weighted by atomic mass is 9.94. The van der Waals surface area contributed by atoms with E-state index in [1.807, 2.05) is 0 Å². The number of likely N-dealkylation sites (N-methyl/N-ethyl adjacent to an activating group) is 1. The van der Waals surface area contributed by atoms with Crippen LogP contribution in [0, 0.1) is 5.92 Å². The van der Waals surface area contributed by atoms with Gasteiger partial charge in [-0.05, 0) is 70.6 Å². The third-order valence-corrected chi connectivity index (χ3v) is 5.04. The van der Waals surface area contributed by atoms with Gasteiger partial charge in [0, 0.05) is 23.1 Å². The first-order valence-electron chi connectivity index (χ1n) is 7.87. The Kier molecular flexibility index (Phi) is 6.23. The van der Waals surface area contributed by atoms with Crippen molar-refractivity contribution in [1.29, 1.82) is 0 Å². The molecule has 1 fully saturated rings. The summed E-state index contributed by atoms with van der Waals surface area (Å²) in [6.07, 6.45) is 2.59. The molecule has 1 heterocycles. The Morgan fingerprint density at radius 2 is 2.05 bits per heavy atom. The number of hydrogen-bond acceptors (Lipinski definition) is 3. The number of hydrogen-bond donors (Lipinski definition) is 1. The summed E-state index contributed by atoms with van der Waals surface area (Å²) in [5.41, 5.74) is 7.58. The van der Waals surface area contributed by atoms with Gasteiger partial charge in [0.25, 0.3) is 0 Å². The van der Waals surface area contributed by atoms with Crippen molar-refractivity contribution in [2.75, 3.05) is 33.7 Å². The smallest absolute Gasteiger partial charge is 0.0494 e. The predicted octanol–water partition coefficient (Wildman–Crippen LogP) is 3.11. The maximum absolute atomic E-state index is 6.28. The third kappa shape index (κ3) is 4.78. The normalized spacial score (nSPS) is 20.7. The molecule has 2 N–H and O–H groups in total. The Labute approximate surface area is 137 Å². The zero-order valence-corrected chi connectivity index (χ0v) is 15.0. The van der Waals surface area contributed by atoms with E-state index in [1.165, 1.54) is 31.5 Å². The van der Waals surface area contributed by atoms with Crippen molar-refractivity contribution in [2.45, 2.75) is 31.8 Å². The maximum atomic E-state index is 6.28. The molecule has 1 aliphatic rings. The molecule has 3 nitrogen and oxygen atoms in total. The van der Waals surface area contributed by atoms with Gasteiger partial charge in [-0.2, -0.15) is 0 Å². The number of halogens is 1. The molecule has 0 radical (unpaired) electrons. The Bertz CT molecular complexity index is 441. The molecule has 2 atom stereocenters. The molecule has 0 spiro atoms. The number of nitrogens with zero attached hydrogens (tertiary/aromatic N) is 2. The number of piperidine rings is 1. The molecule has 4 heteroatoms. The van der Waals surface area contributed by atoms with E-state index in [0.717, 1.165) is 16.9 Å².